The second-order valence-electron chi connectivity index (χ2n) is 7.83. The molecule has 2 aromatic heterocycles. The Hall–Kier alpha value is -3.66. The number of pyridine rings is 1. The molecule has 0 unspecified atom stereocenters. The minimum absolute atomic E-state index is 0.251. The molecule has 10 heteroatoms. The summed E-state index contributed by atoms with van der Waals surface area (Å²) < 4.78 is 20.2. The summed E-state index contributed by atoms with van der Waals surface area (Å²) in [6, 6.07) is 7.74. The number of piperidine rings is 1. The van der Waals surface area contributed by atoms with Crippen LogP contribution in [0.4, 0.5) is 21.6 Å². The van der Waals surface area contributed by atoms with Gasteiger partial charge in [0.15, 0.2) is 5.82 Å². The van der Waals surface area contributed by atoms with Crippen molar-refractivity contribution in [2.75, 3.05) is 37.0 Å². The number of anilines is 3. The number of carbonyl (C=O) groups excluding carboxylic acids is 1. The van der Waals surface area contributed by atoms with Crippen molar-refractivity contribution in [2.45, 2.75) is 18.4 Å². The number of amides is 1. The molecule has 9 nitrogen and oxygen atoms in total. The van der Waals surface area contributed by atoms with Gasteiger partial charge in [-0.3, -0.25) is 14.5 Å². The van der Waals surface area contributed by atoms with Gasteiger partial charge in [0.25, 0.3) is 5.91 Å². The highest BCUT2D eigenvalue weighted by Gasteiger charge is 2.37. The van der Waals surface area contributed by atoms with Crippen LogP contribution in [0.15, 0.2) is 48.9 Å². The molecule has 0 spiro atoms. The summed E-state index contributed by atoms with van der Waals surface area (Å²) in [5, 5.41) is 7.68. The van der Waals surface area contributed by atoms with Gasteiger partial charge in [-0.2, -0.15) is 5.10 Å². The fourth-order valence-corrected chi connectivity index (χ4v) is 3.96. The molecule has 1 saturated heterocycles. The number of rotatable bonds is 7. The number of hydrogen-bond donors (Lipinski definition) is 3. The van der Waals surface area contributed by atoms with E-state index >= 15 is 0 Å². The first kappa shape index (κ1) is 21.6. The van der Waals surface area contributed by atoms with Crippen molar-refractivity contribution in [3.63, 3.8) is 0 Å². The number of nitrogens with one attached hydrogen (secondary N) is 1. The van der Waals surface area contributed by atoms with Gasteiger partial charge in [0.2, 0.25) is 0 Å². The van der Waals surface area contributed by atoms with Crippen molar-refractivity contribution in [1.82, 2.24) is 14.8 Å². The highest BCUT2D eigenvalue weighted by Crippen LogP contribution is 2.33. The molecule has 0 bridgehead atoms. The summed E-state index contributed by atoms with van der Waals surface area (Å²) in [6.45, 7) is 1.82. The number of benzene rings is 1. The Balaban J connectivity index is 1.57. The van der Waals surface area contributed by atoms with E-state index in [0.29, 0.717) is 23.8 Å². The van der Waals surface area contributed by atoms with E-state index in [9.17, 15) is 9.18 Å². The second kappa shape index (κ2) is 8.83. The van der Waals surface area contributed by atoms with Gasteiger partial charge >= 0.3 is 0 Å². The lowest BCUT2D eigenvalue weighted by Crippen LogP contribution is -2.50. The minimum atomic E-state index is -0.604. The predicted octanol–water partition coefficient (Wildman–Crippen LogP) is 2.22. The molecule has 1 fully saturated rings. The third-order valence-corrected chi connectivity index (χ3v) is 5.95. The van der Waals surface area contributed by atoms with Crippen molar-refractivity contribution in [1.29, 1.82) is 0 Å². The van der Waals surface area contributed by atoms with Crippen LogP contribution in [0.25, 0.3) is 0 Å². The SMILES string of the molecule is COc1cncc(N2CCC(CN)(n3cc(C(N)=O)c(Nc4ccc(F)cc4)n3)CC2)c1. The van der Waals surface area contributed by atoms with Gasteiger partial charge in [-0.1, -0.05) is 0 Å². The van der Waals surface area contributed by atoms with Crippen molar-refractivity contribution in [3.8, 4) is 5.75 Å². The third-order valence-electron chi connectivity index (χ3n) is 5.95. The Kier molecular flexibility index (Phi) is 5.95. The first-order valence-electron chi connectivity index (χ1n) is 10.3. The van der Waals surface area contributed by atoms with Gasteiger partial charge in [-0.05, 0) is 37.1 Å². The lowest BCUT2D eigenvalue weighted by Gasteiger charge is -2.42. The molecule has 5 N–H and O–H groups in total. The minimum Gasteiger partial charge on any atom is -0.495 e. The number of nitrogens with zero attached hydrogens (tertiary/aromatic N) is 4. The van der Waals surface area contributed by atoms with E-state index in [2.05, 4.69) is 20.3 Å². The molecule has 168 valence electrons. The zero-order chi connectivity index (χ0) is 22.7. The highest BCUT2D eigenvalue weighted by molar-refractivity contribution is 5.98. The van der Waals surface area contributed by atoms with E-state index in [0.717, 1.165) is 31.6 Å². The molecule has 1 aliphatic heterocycles. The van der Waals surface area contributed by atoms with Gasteiger partial charge < -0.3 is 26.4 Å². The first-order chi connectivity index (χ1) is 15.4. The Bertz CT molecular complexity index is 1090. The Labute approximate surface area is 185 Å². The molecule has 1 aliphatic rings. The van der Waals surface area contributed by atoms with Crippen LogP contribution in [0.5, 0.6) is 5.75 Å². The monoisotopic (exact) mass is 439 g/mol. The normalized spacial score (nSPS) is 15.4. The molecule has 1 aromatic carbocycles. The first-order valence-corrected chi connectivity index (χ1v) is 10.3. The van der Waals surface area contributed by atoms with Gasteiger partial charge in [0, 0.05) is 37.6 Å². The fraction of sp³-hybridized carbons (Fsp3) is 0.318. The van der Waals surface area contributed by atoms with Crippen LogP contribution in [0, 0.1) is 5.82 Å². The molecule has 3 aromatic rings. The molecule has 0 radical (unpaired) electrons. The predicted molar refractivity (Wildman–Crippen MR) is 120 cm³/mol. The number of carbonyl (C=O) groups is 1. The van der Waals surface area contributed by atoms with Crippen molar-refractivity contribution in [2.24, 2.45) is 11.5 Å². The van der Waals surface area contributed by atoms with Gasteiger partial charge in [-0.15, -0.1) is 0 Å². The van der Waals surface area contributed by atoms with Crippen LogP contribution in [0.1, 0.15) is 23.2 Å². The summed E-state index contributed by atoms with van der Waals surface area (Å²) in [6.07, 6.45) is 6.56. The molecule has 3 heterocycles. The summed E-state index contributed by atoms with van der Waals surface area (Å²) in [5.74, 6) is 0.0633. The quantitative estimate of drug-likeness (QED) is 0.516. The summed E-state index contributed by atoms with van der Waals surface area (Å²) >= 11 is 0. The molecular weight excluding hydrogens is 413 g/mol. The fourth-order valence-electron chi connectivity index (χ4n) is 3.96. The smallest absolute Gasteiger partial charge is 0.254 e. The lowest BCUT2D eigenvalue weighted by atomic mass is 9.87. The maximum atomic E-state index is 13.2. The number of aromatic nitrogens is 3. The summed E-state index contributed by atoms with van der Waals surface area (Å²) in [4.78, 5) is 18.5. The second-order valence-corrected chi connectivity index (χ2v) is 7.83. The Morgan fingerprint density at radius 3 is 2.59 bits per heavy atom. The van der Waals surface area contributed by atoms with Crippen LogP contribution in [-0.2, 0) is 5.54 Å². The van der Waals surface area contributed by atoms with Crippen LogP contribution < -0.4 is 26.4 Å². The molecule has 0 atom stereocenters. The number of primary amides is 1. The number of ether oxygens (including phenoxy) is 1. The highest BCUT2D eigenvalue weighted by atomic mass is 19.1. The zero-order valence-corrected chi connectivity index (χ0v) is 17.8. The topological polar surface area (TPSA) is 124 Å². The zero-order valence-electron chi connectivity index (χ0n) is 17.8. The number of hydrogen-bond acceptors (Lipinski definition) is 7. The Morgan fingerprint density at radius 1 is 1.25 bits per heavy atom. The van der Waals surface area contributed by atoms with E-state index in [1.807, 2.05) is 12.3 Å². The largest absolute Gasteiger partial charge is 0.495 e. The maximum absolute atomic E-state index is 13.2. The summed E-state index contributed by atoms with van der Waals surface area (Å²) in [7, 11) is 1.61. The number of halogens is 1. The third kappa shape index (κ3) is 4.22. The van der Waals surface area contributed by atoms with E-state index in [-0.39, 0.29) is 11.4 Å². The van der Waals surface area contributed by atoms with Gasteiger partial charge in [-0.25, -0.2) is 4.39 Å². The van der Waals surface area contributed by atoms with Crippen molar-refractivity contribution < 1.29 is 13.9 Å². The number of nitrogens with two attached hydrogens (primary N) is 2. The molecule has 0 aliphatic carbocycles. The van der Waals surface area contributed by atoms with Crippen LogP contribution in [0.2, 0.25) is 0 Å². The number of methoxy groups -OCH3 is 1. The van der Waals surface area contributed by atoms with Gasteiger partial charge in [0.05, 0.1) is 30.7 Å². The van der Waals surface area contributed by atoms with E-state index in [4.69, 9.17) is 16.2 Å². The Morgan fingerprint density at radius 2 is 1.97 bits per heavy atom. The van der Waals surface area contributed by atoms with Crippen molar-refractivity contribution in [3.05, 3.63) is 60.3 Å². The van der Waals surface area contributed by atoms with E-state index in [1.165, 1.54) is 12.1 Å². The molecular formula is C22H26FN7O2. The van der Waals surface area contributed by atoms with Crippen LogP contribution >= 0.6 is 0 Å². The average Bonchev–Trinajstić information content (AvgIpc) is 3.25. The van der Waals surface area contributed by atoms with Crippen LogP contribution in [-0.4, -0.2) is 47.4 Å². The lowest BCUT2D eigenvalue weighted by molar-refractivity contribution is 0.100. The average molecular weight is 439 g/mol. The maximum Gasteiger partial charge on any atom is 0.254 e. The van der Waals surface area contributed by atoms with Crippen molar-refractivity contribution >= 4 is 23.1 Å². The molecule has 32 heavy (non-hydrogen) atoms. The standard InChI is InChI=1S/C22H26FN7O2/c1-32-18-10-17(11-26-12-18)29-8-6-22(14-24,7-9-29)30-13-19(20(25)31)21(28-30)27-16-4-2-15(23)3-5-16/h2-5,10-13H,6-9,14,24H2,1H3,(H2,25,31)(H,27,28). The summed E-state index contributed by atoms with van der Waals surface area (Å²) in [5.41, 5.74) is 13.2. The van der Waals surface area contributed by atoms with E-state index in [1.54, 1.807) is 36.3 Å². The molecule has 4 rings (SSSR count). The molecule has 0 saturated carbocycles. The van der Waals surface area contributed by atoms with E-state index < -0.39 is 11.4 Å². The van der Waals surface area contributed by atoms with Crippen LogP contribution in [0.3, 0.4) is 0 Å². The van der Waals surface area contributed by atoms with Gasteiger partial charge in [0.1, 0.15) is 17.1 Å². The molecule has 1 amide bonds.